The highest BCUT2D eigenvalue weighted by atomic mass is 32.2. The smallest absolute Gasteiger partial charge is 0.215 e. The van der Waals surface area contributed by atoms with E-state index in [0.29, 0.717) is 5.56 Å². The molecule has 0 aromatic heterocycles. The molecule has 4 heteroatoms. The topological polar surface area (TPSA) is 38.5 Å². The zero-order chi connectivity index (χ0) is 17.9. The highest BCUT2D eigenvalue weighted by Gasteiger charge is 2.37. The van der Waals surface area contributed by atoms with E-state index in [9.17, 15) is 8.42 Å². The van der Waals surface area contributed by atoms with Gasteiger partial charge in [-0.2, -0.15) is 0 Å². The van der Waals surface area contributed by atoms with E-state index in [0.717, 1.165) is 16.7 Å². The summed E-state index contributed by atoms with van der Waals surface area (Å²) in [6, 6.07) is 23.9. The fourth-order valence-corrected chi connectivity index (χ4v) is 4.12. The van der Waals surface area contributed by atoms with Crippen LogP contribution in [0.3, 0.4) is 0 Å². The van der Waals surface area contributed by atoms with Crippen LogP contribution in [0.4, 0.5) is 0 Å². The zero-order valence-corrected chi connectivity index (χ0v) is 14.6. The van der Waals surface area contributed by atoms with Crippen molar-refractivity contribution in [3.63, 3.8) is 0 Å². The number of hydrogen-bond donors (Lipinski definition) is 0. The number of hydrogen-bond acceptors (Lipinski definition) is 2. The standard InChI is InChI=1S/C21H18NO2S/c1-16-8-14-20(15-9-16)25(23,24)21(22-2)19-12-10-18(11-13-19)17-6-4-3-5-7-17/h2-15,21H,1H3/q+1. The van der Waals surface area contributed by atoms with E-state index in [1.165, 1.54) is 0 Å². The summed E-state index contributed by atoms with van der Waals surface area (Å²) >= 11 is 0. The van der Waals surface area contributed by atoms with Crippen molar-refractivity contribution in [2.75, 3.05) is 0 Å². The molecule has 0 amide bonds. The van der Waals surface area contributed by atoms with Crippen LogP contribution in [-0.4, -0.2) is 8.42 Å². The molecule has 3 nitrogen and oxygen atoms in total. The molecule has 25 heavy (non-hydrogen) atoms. The molecule has 0 aliphatic rings. The lowest BCUT2D eigenvalue weighted by atomic mass is 10.0. The Kier molecular flexibility index (Phi) is 4.69. The van der Waals surface area contributed by atoms with Crippen molar-refractivity contribution in [3.8, 4) is 17.7 Å². The van der Waals surface area contributed by atoms with Gasteiger partial charge in [-0.3, -0.25) is 0 Å². The van der Waals surface area contributed by atoms with Crippen LogP contribution >= 0.6 is 0 Å². The zero-order valence-electron chi connectivity index (χ0n) is 13.8. The van der Waals surface area contributed by atoms with E-state index in [2.05, 4.69) is 4.85 Å². The van der Waals surface area contributed by atoms with Gasteiger partial charge >= 0.3 is 5.37 Å². The minimum absolute atomic E-state index is 0.212. The van der Waals surface area contributed by atoms with Crippen molar-refractivity contribution in [1.29, 1.82) is 0 Å². The number of sulfone groups is 1. The summed E-state index contributed by atoms with van der Waals surface area (Å²) in [5.41, 5.74) is 3.61. The first-order valence-corrected chi connectivity index (χ1v) is 9.43. The first-order valence-electron chi connectivity index (χ1n) is 7.88. The maximum Gasteiger partial charge on any atom is 0.397 e. The first-order chi connectivity index (χ1) is 12.0. The lowest BCUT2D eigenvalue weighted by molar-refractivity contribution is 0.590. The van der Waals surface area contributed by atoms with Gasteiger partial charge in [-0.15, -0.1) is 0 Å². The highest BCUT2D eigenvalue weighted by molar-refractivity contribution is 7.91. The SMILES string of the molecule is C#[N+]C(c1ccc(-c2ccccc2)cc1)S(=O)(=O)c1ccc(C)cc1. The Labute approximate surface area is 148 Å². The largest absolute Gasteiger partial charge is 0.397 e. The first kappa shape index (κ1) is 16.9. The molecule has 0 saturated carbocycles. The average Bonchev–Trinajstić information content (AvgIpc) is 2.64. The summed E-state index contributed by atoms with van der Waals surface area (Å²) in [5, 5.41) is -1.12. The Morgan fingerprint density at radius 1 is 0.800 bits per heavy atom. The van der Waals surface area contributed by atoms with Crippen LogP contribution in [0, 0.1) is 13.5 Å². The van der Waals surface area contributed by atoms with Gasteiger partial charge in [0.1, 0.15) is 0 Å². The van der Waals surface area contributed by atoms with Crippen LogP contribution in [0.15, 0.2) is 83.8 Å². The van der Waals surface area contributed by atoms with E-state index in [4.69, 9.17) is 6.57 Å². The van der Waals surface area contributed by atoms with Gasteiger partial charge in [-0.05, 0) is 42.3 Å². The van der Waals surface area contributed by atoms with Crippen molar-refractivity contribution in [2.24, 2.45) is 0 Å². The summed E-state index contributed by atoms with van der Waals surface area (Å²) < 4.78 is 25.7. The number of rotatable bonds is 4. The van der Waals surface area contributed by atoms with Gasteiger partial charge in [0.05, 0.1) is 10.5 Å². The Hall–Kier alpha value is -2.90. The van der Waals surface area contributed by atoms with Crippen LogP contribution in [0.25, 0.3) is 16.0 Å². The fourth-order valence-electron chi connectivity index (χ4n) is 2.67. The summed E-state index contributed by atoms with van der Waals surface area (Å²) in [4.78, 5) is 3.86. The van der Waals surface area contributed by atoms with Gasteiger partial charge < -0.3 is 0 Å². The van der Waals surface area contributed by atoms with Gasteiger partial charge in [-0.1, -0.05) is 65.0 Å². The Morgan fingerprint density at radius 2 is 1.36 bits per heavy atom. The molecular formula is C21H18NO2S+. The molecule has 0 bridgehead atoms. The predicted molar refractivity (Wildman–Crippen MR) is 101 cm³/mol. The minimum Gasteiger partial charge on any atom is -0.215 e. The molecular weight excluding hydrogens is 330 g/mol. The molecule has 3 rings (SSSR count). The molecule has 0 spiro atoms. The third kappa shape index (κ3) is 3.47. The van der Waals surface area contributed by atoms with Crippen LogP contribution < -0.4 is 0 Å². The average molecular weight is 348 g/mol. The van der Waals surface area contributed by atoms with E-state index in [-0.39, 0.29) is 4.90 Å². The third-order valence-corrected chi connectivity index (χ3v) is 5.99. The van der Waals surface area contributed by atoms with Crippen molar-refractivity contribution in [3.05, 3.63) is 94.8 Å². The molecule has 1 unspecified atom stereocenters. The molecule has 3 aromatic rings. The third-order valence-electron chi connectivity index (χ3n) is 4.08. The van der Waals surface area contributed by atoms with Crippen LogP contribution in [0.5, 0.6) is 0 Å². The van der Waals surface area contributed by atoms with Crippen molar-refractivity contribution in [2.45, 2.75) is 17.2 Å². The monoisotopic (exact) mass is 348 g/mol. The number of nitrogens with zero attached hydrogens (tertiary/aromatic N) is 1. The van der Waals surface area contributed by atoms with Gasteiger partial charge in [0.2, 0.25) is 0 Å². The summed E-state index contributed by atoms with van der Waals surface area (Å²) in [5.74, 6) is 0. The Balaban J connectivity index is 1.96. The van der Waals surface area contributed by atoms with Gasteiger partial charge in [-0.25, -0.2) is 8.42 Å². The Morgan fingerprint density at radius 3 is 1.92 bits per heavy atom. The predicted octanol–water partition coefficient (Wildman–Crippen LogP) is 5.10. The van der Waals surface area contributed by atoms with Crippen molar-refractivity contribution in [1.82, 2.24) is 0 Å². The second-order valence-electron chi connectivity index (χ2n) is 5.85. The summed E-state index contributed by atoms with van der Waals surface area (Å²) in [6.45, 7) is 7.36. The van der Waals surface area contributed by atoms with E-state index < -0.39 is 15.2 Å². The van der Waals surface area contributed by atoms with Crippen molar-refractivity contribution >= 4 is 9.84 Å². The van der Waals surface area contributed by atoms with Gasteiger partial charge in [0, 0.05) is 0 Å². The van der Waals surface area contributed by atoms with Gasteiger partial charge in [0.15, 0.2) is 0 Å². The highest BCUT2D eigenvalue weighted by Crippen LogP contribution is 2.31. The van der Waals surface area contributed by atoms with E-state index in [1.807, 2.05) is 49.4 Å². The lowest BCUT2D eigenvalue weighted by Crippen LogP contribution is -2.10. The van der Waals surface area contributed by atoms with Crippen molar-refractivity contribution < 1.29 is 8.42 Å². The second-order valence-corrected chi connectivity index (χ2v) is 7.86. The molecule has 0 radical (unpaired) electrons. The fraction of sp³-hybridized carbons (Fsp3) is 0.0952. The molecule has 0 fully saturated rings. The maximum atomic E-state index is 12.9. The molecule has 0 aliphatic heterocycles. The quantitative estimate of drug-likeness (QED) is 0.658. The molecule has 0 saturated heterocycles. The summed E-state index contributed by atoms with van der Waals surface area (Å²) in [6.07, 6.45) is 0. The summed E-state index contributed by atoms with van der Waals surface area (Å²) in [7, 11) is -3.69. The van der Waals surface area contributed by atoms with Crippen LogP contribution in [0.2, 0.25) is 0 Å². The molecule has 0 N–H and O–H groups in total. The molecule has 0 aliphatic carbocycles. The molecule has 3 aromatic carbocycles. The maximum absolute atomic E-state index is 12.9. The second kappa shape index (κ2) is 6.92. The van der Waals surface area contributed by atoms with Crippen LogP contribution in [-0.2, 0) is 9.84 Å². The number of benzene rings is 3. The van der Waals surface area contributed by atoms with Gasteiger partial charge in [0.25, 0.3) is 16.4 Å². The molecule has 0 heterocycles. The lowest BCUT2D eigenvalue weighted by Gasteiger charge is -2.07. The van der Waals surface area contributed by atoms with E-state index >= 15 is 0 Å². The molecule has 1 atom stereocenters. The van der Waals surface area contributed by atoms with Crippen LogP contribution in [0.1, 0.15) is 16.5 Å². The minimum atomic E-state index is -3.69. The number of aryl methyl sites for hydroxylation is 1. The van der Waals surface area contributed by atoms with E-state index in [1.54, 1.807) is 36.4 Å². The Bertz CT molecular complexity index is 1000. The normalized spacial score (nSPS) is 12.3. The molecule has 124 valence electrons.